The summed E-state index contributed by atoms with van der Waals surface area (Å²) in [6, 6.07) is 12.5. The van der Waals surface area contributed by atoms with Gasteiger partial charge in [0.25, 0.3) is 0 Å². The van der Waals surface area contributed by atoms with Crippen LogP contribution in [0.5, 0.6) is 11.5 Å². The topological polar surface area (TPSA) is 24.9 Å². The van der Waals surface area contributed by atoms with Crippen molar-refractivity contribution in [1.29, 1.82) is 0 Å². The van der Waals surface area contributed by atoms with Gasteiger partial charge in [0.1, 0.15) is 25.0 Å². The summed E-state index contributed by atoms with van der Waals surface area (Å²) in [5, 5.41) is 0. The van der Waals surface area contributed by atoms with Crippen LogP contribution in [0, 0.1) is 0 Å². The Labute approximate surface area is 153 Å². The number of rotatable bonds is 2. The molecule has 0 spiro atoms. The standard InChI is InChI=1S/C20H23ClN2O2/c1-20(21,16-4-6-18-14(8-16)10-22(2)12-24-18)17-5-7-19-15(9-17)11-23(3)13-25-19/h4-9H,10-13H2,1-3H3. The summed E-state index contributed by atoms with van der Waals surface area (Å²) >= 11 is 7.04. The highest BCUT2D eigenvalue weighted by Gasteiger charge is 2.29. The van der Waals surface area contributed by atoms with Crippen LogP contribution in [-0.2, 0) is 18.0 Å². The Morgan fingerprint density at radius 2 is 1.28 bits per heavy atom. The molecule has 4 rings (SSSR count). The first-order valence-corrected chi connectivity index (χ1v) is 8.90. The Kier molecular flexibility index (Phi) is 4.14. The van der Waals surface area contributed by atoms with Gasteiger partial charge in [0.05, 0.1) is 4.87 Å². The van der Waals surface area contributed by atoms with Gasteiger partial charge in [-0.25, -0.2) is 0 Å². The second-order valence-corrected chi connectivity index (χ2v) is 7.98. The van der Waals surface area contributed by atoms with Gasteiger partial charge in [-0.15, -0.1) is 11.6 Å². The SMILES string of the molecule is CN1COc2ccc(C(C)(Cl)c3ccc4c(c3)CN(C)CO4)cc2C1. The van der Waals surface area contributed by atoms with Crippen LogP contribution in [0.3, 0.4) is 0 Å². The van der Waals surface area contributed by atoms with Crippen LogP contribution in [-0.4, -0.2) is 37.4 Å². The summed E-state index contributed by atoms with van der Waals surface area (Å²) in [4.78, 5) is 3.68. The molecule has 2 heterocycles. The summed E-state index contributed by atoms with van der Waals surface area (Å²) < 4.78 is 11.5. The van der Waals surface area contributed by atoms with E-state index in [4.69, 9.17) is 21.1 Å². The van der Waals surface area contributed by atoms with Crippen LogP contribution in [0.25, 0.3) is 0 Å². The maximum absolute atomic E-state index is 7.04. The van der Waals surface area contributed by atoms with Crippen LogP contribution in [0.1, 0.15) is 29.2 Å². The molecule has 2 aromatic rings. The van der Waals surface area contributed by atoms with Gasteiger partial charge in [-0.2, -0.15) is 0 Å². The average Bonchev–Trinajstić information content (AvgIpc) is 2.60. The van der Waals surface area contributed by atoms with E-state index in [2.05, 4.69) is 55.1 Å². The number of hydrogen-bond donors (Lipinski definition) is 0. The van der Waals surface area contributed by atoms with Crippen LogP contribution < -0.4 is 9.47 Å². The molecule has 0 fully saturated rings. The van der Waals surface area contributed by atoms with Crippen molar-refractivity contribution in [2.75, 3.05) is 27.6 Å². The number of alkyl halides is 1. The van der Waals surface area contributed by atoms with Gasteiger partial charge in [-0.1, -0.05) is 12.1 Å². The van der Waals surface area contributed by atoms with E-state index in [0.29, 0.717) is 13.5 Å². The monoisotopic (exact) mass is 358 g/mol. The predicted octanol–water partition coefficient (Wildman–Crippen LogP) is 3.75. The number of halogens is 1. The van der Waals surface area contributed by atoms with Crippen LogP contribution in [0.2, 0.25) is 0 Å². The maximum Gasteiger partial charge on any atom is 0.142 e. The molecule has 2 aliphatic heterocycles. The van der Waals surface area contributed by atoms with E-state index in [1.165, 1.54) is 11.1 Å². The van der Waals surface area contributed by atoms with Crippen molar-refractivity contribution in [2.24, 2.45) is 0 Å². The molecule has 2 aromatic carbocycles. The Hall–Kier alpha value is -1.75. The minimum absolute atomic E-state index is 0.601. The molecular weight excluding hydrogens is 336 g/mol. The third-order valence-corrected chi connectivity index (χ3v) is 5.40. The van der Waals surface area contributed by atoms with Gasteiger partial charge in [0, 0.05) is 24.2 Å². The fraction of sp³-hybridized carbons (Fsp3) is 0.400. The van der Waals surface area contributed by atoms with Crippen molar-refractivity contribution in [1.82, 2.24) is 9.80 Å². The number of hydrogen-bond acceptors (Lipinski definition) is 4. The zero-order chi connectivity index (χ0) is 17.6. The van der Waals surface area contributed by atoms with Gasteiger partial charge in [-0.05, 0) is 56.4 Å². The van der Waals surface area contributed by atoms with Crippen molar-refractivity contribution in [3.63, 3.8) is 0 Å². The van der Waals surface area contributed by atoms with E-state index in [0.717, 1.165) is 35.7 Å². The minimum atomic E-state index is -0.601. The minimum Gasteiger partial charge on any atom is -0.478 e. The van der Waals surface area contributed by atoms with Crippen molar-refractivity contribution in [3.05, 3.63) is 58.7 Å². The Morgan fingerprint density at radius 1 is 0.840 bits per heavy atom. The second-order valence-electron chi connectivity index (χ2n) is 7.22. The summed E-state index contributed by atoms with van der Waals surface area (Å²) in [7, 11) is 4.10. The molecule has 0 amide bonds. The fourth-order valence-electron chi connectivity index (χ4n) is 3.47. The van der Waals surface area contributed by atoms with Crippen LogP contribution in [0.15, 0.2) is 36.4 Å². The fourth-order valence-corrected chi connectivity index (χ4v) is 3.71. The first-order chi connectivity index (χ1) is 11.9. The lowest BCUT2D eigenvalue weighted by Gasteiger charge is -2.30. The smallest absolute Gasteiger partial charge is 0.142 e. The zero-order valence-corrected chi connectivity index (χ0v) is 15.6. The molecule has 0 bridgehead atoms. The van der Waals surface area contributed by atoms with Crippen molar-refractivity contribution in [3.8, 4) is 11.5 Å². The Balaban J connectivity index is 1.70. The molecule has 5 heteroatoms. The molecule has 132 valence electrons. The molecule has 0 aliphatic carbocycles. The summed E-state index contributed by atoms with van der Waals surface area (Å²) in [6.07, 6.45) is 0. The van der Waals surface area contributed by atoms with E-state index in [9.17, 15) is 0 Å². The molecule has 0 saturated carbocycles. The number of ether oxygens (including phenoxy) is 2. The number of fused-ring (bicyclic) bond motifs is 2. The van der Waals surface area contributed by atoms with E-state index in [-0.39, 0.29) is 0 Å². The van der Waals surface area contributed by atoms with Gasteiger partial charge in [0.2, 0.25) is 0 Å². The summed E-state index contributed by atoms with van der Waals surface area (Å²) in [5.41, 5.74) is 4.52. The van der Waals surface area contributed by atoms with Gasteiger partial charge < -0.3 is 9.47 Å². The maximum atomic E-state index is 7.04. The van der Waals surface area contributed by atoms with Crippen molar-refractivity contribution < 1.29 is 9.47 Å². The lowest BCUT2D eigenvalue weighted by molar-refractivity contribution is 0.121. The average molecular weight is 359 g/mol. The van der Waals surface area contributed by atoms with Gasteiger partial charge in [-0.3, -0.25) is 9.80 Å². The van der Waals surface area contributed by atoms with E-state index in [1.807, 2.05) is 12.1 Å². The lowest BCUT2D eigenvalue weighted by Crippen LogP contribution is -2.29. The third kappa shape index (κ3) is 3.10. The lowest BCUT2D eigenvalue weighted by atomic mass is 9.89. The molecule has 2 aliphatic rings. The summed E-state index contributed by atoms with van der Waals surface area (Å²) in [5.74, 6) is 1.91. The van der Waals surface area contributed by atoms with E-state index < -0.39 is 4.87 Å². The number of nitrogens with zero attached hydrogens (tertiary/aromatic N) is 2. The molecule has 0 unspecified atom stereocenters. The third-order valence-electron chi connectivity index (χ3n) is 4.97. The number of benzene rings is 2. The Morgan fingerprint density at radius 3 is 1.72 bits per heavy atom. The quantitative estimate of drug-likeness (QED) is 0.763. The molecule has 0 saturated heterocycles. The highest BCUT2D eigenvalue weighted by atomic mass is 35.5. The highest BCUT2D eigenvalue weighted by molar-refractivity contribution is 6.25. The molecule has 0 radical (unpaired) electrons. The molecule has 25 heavy (non-hydrogen) atoms. The molecule has 0 aromatic heterocycles. The normalized spacial score (nSPS) is 18.1. The Bertz CT molecular complexity index is 741. The largest absolute Gasteiger partial charge is 0.478 e. The van der Waals surface area contributed by atoms with Crippen LogP contribution >= 0.6 is 11.6 Å². The summed E-state index contributed by atoms with van der Waals surface area (Å²) in [6.45, 7) is 5.06. The van der Waals surface area contributed by atoms with Gasteiger partial charge >= 0.3 is 0 Å². The van der Waals surface area contributed by atoms with E-state index in [1.54, 1.807) is 0 Å². The predicted molar refractivity (Wildman–Crippen MR) is 99.1 cm³/mol. The second kappa shape index (κ2) is 6.20. The van der Waals surface area contributed by atoms with Crippen molar-refractivity contribution in [2.45, 2.75) is 24.9 Å². The first kappa shape index (κ1) is 16.7. The zero-order valence-electron chi connectivity index (χ0n) is 14.9. The molecule has 4 nitrogen and oxygen atoms in total. The first-order valence-electron chi connectivity index (χ1n) is 8.52. The molecule has 0 atom stereocenters. The van der Waals surface area contributed by atoms with Gasteiger partial charge in [0.15, 0.2) is 0 Å². The highest BCUT2D eigenvalue weighted by Crippen LogP contribution is 2.40. The van der Waals surface area contributed by atoms with E-state index >= 15 is 0 Å². The molecule has 0 N–H and O–H groups in total. The van der Waals surface area contributed by atoms with Crippen molar-refractivity contribution >= 4 is 11.6 Å². The molecular formula is C20H23ClN2O2. The van der Waals surface area contributed by atoms with Crippen LogP contribution in [0.4, 0.5) is 0 Å².